The van der Waals surface area contributed by atoms with Crippen molar-refractivity contribution in [2.45, 2.75) is 14.7 Å². The zero-order valence-corrected chi connectivity index (χ0v) is 27.7. The number of halogens is 2. The third-order valence-electron chi connectivity index (χ3n) is 5.80. The smallest absolute Gasteiger partial charge is 0.0711 e. The number of azo groups is 2. The molecule has 0 atom stereocenters. The van der Waals surface area contributed by atoms with Crippen LogP contribution in [0.5, 0.6) is 11.5 Å². The van der Waals surface area contributed by atoms with Crippen molar-refractivity contribution in [1.82, 2.24) is 0 Å². The van der Waals surface area contributed by atoms with Gasteiger partial charge in [0.05, 0.1) is 14.9 Å². The molecule has 0 bridgehead atoms. The first-order valence-electron chi connectivity index (χ1n) is 11.5. The zero-order valence-electron chi connectivity index (χ0n) is 21.8. The summed E-state index contributed by atoms with van der Waals surface area (Å²) in [4.78, 5) is -3.19. The summed E-state index contributed by atoms with van der Waals surface area (Å²) in [5, 5.41) is 33.7. The van der Waals surface area contributed by atoms with Gasteiger partial charge in [-0.1, -0.05) is 23.2 Å². The van der Waals surface area contributed by atoms with Crippen LogP contribution >= 0.6 is 23.2 Å². The Bertz CT molecular complexity index is 2380. The standard InChI is InChI=1S/C22H15AsCl2N4O14S3/c24-12-7-10(44(35,36)37)8-13(25)18(12)27-29-20-16(46(41,42)43)6-9-5-15(45(38,39)40)19(21(30)17(9)22(20)31)28-26-14-4-2-1-3-11(14)23(32,33)34/h1-8,30-31H,(H2,32,33,34)(H,35,36,37)(H,38,39,40)(H,41,42,43). The quantitative estimate of drug-likeness (QED) is 0.0760. The minimum Gasteiger partial charge on any atom is -0.0818 e. The first-order chi connectivity index (χ1) is 21.0. The van der Waals surface area contributed by atoms with Gasteiger partial charge in [0.15, 0.2) is 0 Å². The van der Waals surface area contributed by atoms with Gasteiger partial charge in [-0.15, -0.1) is 0 Å². The van der Waals surface area contributed by atoms with Crippen molar-refractivity contribution >= 4 is 106 Å². The summed E-state index contributed by atoms with van der Waals surface area (Å²) in [7, 11) is -15.4. The molecule has 244 valence electrons. The molecule has 24 heteroatoms. The van der Waals surface area contributed by atoms with Crippen molar-refractivity contribution in [3.8, 4) is 11.5 Å². The Kier molecular flexibility index (Phi) is 9.45. The van der Waals surface area contributed by atoms with E-state index in [1.807, 2.05) is 0 Å². The van der Waals surface area contributed by atoms with E-state index in [-0.39, 0.29) is 0 Å². The van der Waals surface area contributed by atoms with E-state index in [1.165, 1.54) is 12.1 Å². The Morgan fingerprint density at radius 2 is 1.07 bits per heavy atom. The molecule has 0 aromatic heterocycles. The van der Waals surface area contributed by atoms with E-state index >= 15 is 0 Å². The van der Waals surface area contributed by atoms with Crippen LogP contribution in [0, 0.1) is 0 Å². The second-order valence-electron chi connectivity index (χ2n) is 8.84. The first-order valence-corrected chi connectivity index (χ1v) is 19.9. The Balaban J connectivity index is 2.04. The van der Waals surface area contributed by atoms with Crippen LogP contribution in [0.15, 0.2) is 83.7 Å². The van der Waals surface area contributed by atoms with Crippen molar-refractivity contribution in [1.29, 1.82) is 0 Å². The number of hydrogen-bond donors (Lipinski definition) is 7. The SMILES string of the molecule is O=S(=O)(O)c1cc(Cl)c(N=Nc2c(S(=O)(=O)O)cc3cc(S(=O)(=O)O)c(N=Nc4ccccc4[As](=O)(O)O)c(O)c3c2O)c(Cl)c1. The van der Waals surface area contributed by atoms with Crippen molar-refractivity contribution in [2.75, 3.05) is 0 Å². The van der Waals surface area contributed by atoms with Gasteiger partial charge < -0.3 is 0 Å². The maximum absolute atomic E-state index is 12.2. The van der Waals surface area contributed by atoms with Crippen LogP contribution in [0.3, 0.4) is 0 Å². The van der Waals surface area contributed by atoms with E-state index < -0.39 is 119 Å². The topological polar surface area (TPSA) is 311 Å². The largest absolute Gasteiger partial charge is 0.0818 e. The summed E-state index contributed by atoms with van der Waals surface area (Å²) >= 11 is 6.30. The van der Waals surface area contributed by atoms with Gasteiger partial charge in [-0.25, -0.2) is 0 Å². The number of nitrogens with zero attached hydrogens (tertiary/aromatic N) is 4. The molecular weight excluding hydrogens is 786 g/mol. The van der Waals surface area contributed by atoms with Crippen LogP contribution in [0.2, 0.25) is 10.0 Å². The van der Waals surface area contributed by atoms with Gasteiger partial charge in [0.1, 0.15) is 0 Å². The molecule has 0 radical (unpaired) electrons. The van der Waals surface area contributed by atoms with Crippen LogP contribution in [0.25, 0.3) is 10.8 Å². The molecule has 0 heterocycles. The molecule has 0 saturated heterocycles. The third-order valence-corrected chi connectivity index (χ3v) is 11.1. The van der Waals surface area contributed by atoms with Crippen LogP contribution < -0.4 is 4.35 Å². The van der Waals surface area contributed by atoms with Crippen LogP contribution in [-0.2, 0) is 34.1 Å². The number of benzene rings is 4. The van der Waals surface area contributed by atoms with Crippen molar-refractivity contribution in [3.05, 3.63) is 58.6 Å². The number of rotatable bonds is 8. The fourth-order valence-corrected chi connectivity index (χ4v) is 7.84. The molecule has 0 aliphatic rings. The molecule has 0 spiro atoms. The van der Waals surface area contributed by atoms with E-state index in [2.05, 4.69) is 20.5 Å². The van der Waals surface area contributed by atoms with E-state index in [4.69, 9.17) is 23.2 Å². The number of hydrogen-bond acceptors (Lipinski definition) is 13. The second kappa shape index (κ2) is 12.3. The number of aromatic hydroxyl groups is 2. The van der Waals surface area contributed by atoms with Gasteiger partial charge in [-0.05, 0) is 12.1 Å². The Hall–Kier alpha value is -3.47. The maximum Gasteiger partial charge on any atom is 0.0711 e. The fourth-order valence-electron chi connectivity index (χ4n) is 3.83. The Morgan fingerprint density at radius 3 is 1.50 bits per heavy atom. The van der Waals surface area contributed by atoms with Crippen molar-refractivity contribution in [2.24, 2.45) is 20.5 Å². The van der Waals surface area contributed by atoms with Crippen LogP contribution in [0.1, 0.15) is 0 Å². The summed E-state index contributed by atoms with van der Waals surface area (Å²) < 4.78 is 131. The minimum atomic E-state index is -5.63. The summed E-state index contributed by atoms with van der Waals surface area (Å²) in [6, 6.07) is 7.08. The molecule has 4 aromatic rings. The van der Waals surface area contributed by atoms with E-state index in [9.17, 15) is 61.1 Å². The fraction of sp³-hybridized carbons (Fsp3) is 0. The maximum atomic E-state index is 12.2. The molecule has 4 aromatic carbocycles. The number of phenols is 2. The molecule has 4 rings (SSSR count). The molecule has 46 heavy (non-hydrogen) atoms. The van der Waals surface area contributed by atoms with Gasteiger partial charge in [-0.3, -0.25) is 4.55 Å². The van der Waals surface area contributed by atoms with E-state index in [1.54, 1.807) is 0 Å². The predicted octanol–water partition coefficient (Wildman–Crippen LogP) is 3.69. The minimum absolute atomic E-state index is 0.468. The van der Waals surface area contributed by atoms with Crippen molar-refractivity contribution in [3.63, 3.8) is 0 Å². The molecule has 0 aliphatic heterocycles. The Labute approximate surface area is 270 Å². The van der Waals surface area contributed by atoms with Gasteiger partial charge in [-0.2, -0.15) is 8.42 Å². The molecule has 7 N–H and O–H groups in total. The molecule has 0 saturated carbocycles. The first kappa shape index (κ1) is 35.4. The summed E-state index contributed by atoms with van der Waals surface area (Å²) in [5.74, 6) is -2.57. The van der Waals surface area contributed by atoms with E-state index in [0.717, 1.165) is 12.1 Å². The molecule has 0 fully saturated rings. The van der Waals surface area contributed by atoms with Gasteiger partial charge in [0, 0.05) is 0 Å². The molecule has 18 nitrogen and oxygen atoms in total. The van der Waals surface area contributed by atoms with Crippen LogP contribution in [-0.4, -0.2) is 71.5 Å². The van der Waals surface area contributed by atoms with Gasteiger partial charge >= 0.3 is 199 Å². The average molecular weight is 801 g/mol. The van der Waals surface area contributed by atoms with Crippen LogP contribution in [0.4, 0.5) is 22.7 Å². The van der Waals surface area contributed by atoms with Gasteiger partial charge in [0.25, 0.3) is 10.1 Å². The number of fused-ring (bicyclic) bond motifs is 1. The normalized spacial score (nSPS) is 13.3. The third kappa shape index (κ3) is 7.24. The summed E-state index contributed by atoms with van der Waals surface area (Å²) in [5.41, 5.74) is -3.19. The average Bonchev–Trinajstić information content (AvgIpc) is 2.90. The molecule has 0 amide bonds. The zero-order chi connectivity index (χ0) is 34.6. The molecule has 0 aliphatic carbocycles. The second-order valence-corrected chi connectivity index (χ2v) is 17.1. The van der Waals surface area contributed by atoms with E-state index in [0.29, 0.717) is 24.3 Å². The summed E-state index contributed by atoms with van der Waals surface area (Å²) in [6.07, 6.45) is 0. The monoisotopic (exact) mass is 800 g/mol. The molecule has 0 unspecified atom stereocenters. The predicted molar refractivity (Wildman–Crippen MR) is 158 cm³/mol. The Morgan fingerprint density at radius 1 is 0.630 bits per heavy atom. The summed E-state index contributed by atoms with van der Waals surface area (Å²) in [6.45, 7) is 0. The van der Waals surface area contributed by atoms with Crippen molar-refractivity contribution < 1.29 is 61.1 Å². The van der Waals surface area contributed by atoms with Gasteiger partial charge in [0.2, 0.25) is 0 Å². The molecular formula is C22H15AsCl2N4O14S3. The number of phenolic OH excluding ortho intramolecular Hbond substituents is 2.